The molecule has 1 heterocycles. The fourth-order valence-electron chi connectivity index (χ4n) is 1.99. The molecule has 1 aromatic heterocycles. The van der Waals surface area contributed by atoms with Gasteiger partial charge in [-0.3, -0.25) is 0 Å². The van der Waals surface area contributed by atoms with Crippen LogP contribution in [0.2, 0.25) is 0 Å². The Hall–Kier alpha value is -1.50. The second-order valence-corrected chi connectivity index (χ2v) is 5.82. The van der Waals surface area contributed by atoms with Crippen LogP contribution in [-0.4, -0.2) is 11.5 Å². The number of benzene rings is 1. The Labute approximate surface area is 127 Å². The van der Waals surface area contributed by atoms with Crippen LogP contribution in [0.15, 0.2) is 34.9 Å². The molecule has 1 aromatic carbocycles. The van der Waals surface area contributed by atoms with Crippen LogP contribution in [0.4, 0.5) is 13.2 Å². The predicted molar refractivity (Wildman–Crippen MR) is 72.4 cm³/mol. The number of ether oxygens (including phenoxy) is 1. The third-order valence-electron chi connectivity index (χ3n) is 3.19. The fraction of sp³-hybridized carbons (Fsp3) is 0.357. The Balaban J connectivity index is 1.72. The Morgan fingerprint density at radius 1 is 1.24 bits per heavy atom. The summed E-state index contributed by atoms with van der Waals surface area (Å²) in [6.45, 7) is 0. The van der Waals surface area contributed by atoms with Crippen LogP contribution < -0.4 is 4.74 Å². The highest BCUT2D eigenvalue weighted by Gasteiger charge is 2.31. The topological polar surface area (TPSA) is 35.3 Å². The van der Waals surface area contributed by atoms with Crippen molar-refractivity contribution in [3.8, 4) is 5.75 Å². The van der Waals surface area contributed by atoms with Gasteiger partial charge in [0.2, 0.25) is 0 Å². The molecule has 0 bridgehead atoms. The minimum absolute atomic E-state index is 0.228. The first kappa shape index (κ1) is 14.4. The molecule has 7 heteroatoms. The average Bonchev–Trinajstić information content (AvgIpc) is 3.15. The summed E-state index contributed by atoms with van der Waals surface area (Å²) < 4.78 is 45.4. The van der Waals surface area contributed by atoms with Gasteiger partial charge in [-0.25, -0.2) is 0 Å². The maximum atomic E-state index is 12.1. The summed E-state index contributed by atoms with van der Waals surface area (Å²) in [5.74, 6) is 1.09. The highest BCUT2D eigenvalue weighted by atomic mass is 79.9. The minimum atomic E-state index is -4.68. The molecule has 1 atom stereocenters. The molecule has 1 unspecified atom stereocenters. The SMILES string of the molecule is FC(F)(F)Oc1ccc(C(Br)c2cc(C3CC3)on2)cc1. The maximum absolute atomic E-state index is 12.1. The van der Waals surface area contributed by atoms with E-state index in [9.17, 15) is 13.2 Å². The van der Waals surface area contributed by atoms with Crippen LogP contribution in [0.1, 0.15) is 40.6 Å². The highest BCUT2D eigenvalue weighted by molar-refractivity contribution is 9.09. The molecule has 0 radical (unpaired) electrons. The van der Waals surface area contributed by atoms with Crippen LogP contribution in [0.5, 0.6) is 5.75 Å². The van der Waals surface area contributed by atoms with Crippen molar-refractivity contribution in [1.29, 1.82) is 0 Å². The molecule has 0 amide bonds. The molecule has 3 nitrogen and oxygen atoms in total. The van der Waals surface area contributed by atoms with Gasteiger partial charge in [-0.05, 0) is 30.5 Å². The molecule has 0 spiro atoms. The first-order chi connectivity index (χ1) is 9.92. The van der Waals surface area contributed by atoms with E-state index < -0.39 is 6.36 Å². The number of hydrogen-bond acceptors (Lipinski definition) is 3. The third kappa shape index (κ3) is 3.58. The van der Waals surface area contributed by atoms with E-state index in [0.717, 1.165) is 24.2 Å². The van der Waals surface area contributed by atoms with Crippen molar-refractivity contribution in [2.75, 3.05) is 0 Å². The maximum Gasteiger partial charge on any atom is 0.573 e. The van der Waals surface area contributed by atoms with Gasteiger partial charge in [0.05, 0.1) is 4.83 Å². The lowest BCUT2D eigenvalue weighted by Gasteiger charge is -2.10. The van der Waals surface area contributed by atoms with Crippen LogP contribution in [0.25, 0.3) is 0 Å². The molecule has 1 saturated carbocycles. The number of alkyl halides is 4. The zero-order chi connectivity index (χ0) is 15.0. The summed E-state index contributed by atoms with van der Waals surface area (Å²) in [4.78, 5) is -0.228. The van der Waals surface area contributed by atoms with E-state index >= 15 is 0 Å². The van der Waals surface area contributed by atoms with Gasteiger partial charge in [-0.2, -0.15) is 0 Å². The summed E-state index contributed by atoms with van der Waals surface area (Å²) >= 11 is 3.48. The number of aromatic nitrogens is 1. The summed E-state index contributed by atoms with van der Waals surface area (Å²) in [6, 6.07) is 7.56. The lowest BCUT2D eigenvalue weighted by Crippen LogP contribution is -2.17. The zero-order valence-electron chi connectivity index (χ0n) is 10.7. The van der Waals surface area contributed by atoms with Crippen molar-refractivity contribution < 1.29 is 22.4 Å². The lowest BCUT2D eigenvalue weighted by molar-refractivity contribution is -0.274. The zero-order valence-corrected chi connectivity index (χ0v) is 12.3. The molecule has 0 aliphatic heterocycles. The predicted octanol–water partition coefficient (Wildman–Crippen LogP) is 4.93. The van der Waals surface area contributed by atoms with E-state index in [4.69, 9.17) is 4.52 Å². The Bertz CT molecular complexity index is 620. The number of halogens is 4. The van der Waals surface area contributed by atoms with E-state index in [0.29, 0.717) is 11.6 Å². The van der Waals surface area contributed by atoms with E-state index in [2.05, 4.69) is 25.8 Å². The quantitative estimate of drug-likeness (QED) is 0.723. The van der Waals surface area contributed by atoms with Gasteiger partial charge in [-0.1, -0.05) is 33.2 Å². The summed E-state index contributed by atoms with van der Waals surface area (Å²) in [5, 5.41) is 4.00. The van der Waals surface area contributed by atoms with Gasteiger partial charge < -0.3 is 9.26 Å². The van der Waals surface area contributed by atoms with Gasteiger partial charge in [0.25, 0.3) is 0 Å². The largest absolute Gasteiger partial charge is 0.573 e. The summed E-state index contributed by atoms with van der Waals surface area (Å²) in [7, 11) is 0. The fourth-order valence-corrected chi connectivity index (χ4v) is 2.51. The van der Waals surface area contributed by atoms with Gasteiger partial charge in [-0.15, -0.1) is 13.2 Å². The molecule has 0 saturated heterocycles. The third-order valence-corrected chi connectivity index (χ3v) is 4.19. The van der Waals surface area contributed by atoms with Gasteiger partial charge in [0.1, 0.15) is 17.2 Å². The van der Waals surface area contributed by atoms with Gasteiger partial charge in [0.15, 0.2) is 0 Å². The highest BCUT2D eigenvalue weighted by Crippen LogP contribution is 2.42. The molecule has 3 rings (SSSR count). The van der Waals surface area contributed by atoms with E-state index in [1.807, 2.05) is 6.07 Å². The van der Waals surface area contributed by atoms with E-state index in [1.165, 1.54) is 12.1 Å². The van der Waals surface area contributed by atoms with E-state index in [1.54, 1.807) is 12.1 Å². The summed E-state index contributed by atoms with van der Waals surface area (Å²) in [6.07, 6.45) is -2.45. The first-order valence-electron chi connectivity index (χ1n) is 6.38. The van der Waals surface area contributed by atoms with Crippen molar-refractivity contribution in [2.45, 2.75) is 29.9 Å². The van der Waals surface area contributed by atoms with Crippen LogP contribution in [0.3, 0.4) is 0 Å². The minimum Gasteiger partial charge on any atom is -0.406 e. The normalized spacial score (nSPS) is 16.8. The lowest BCUT2D eigenvalue weighted by atomic mass is 10.1. The average molecular weight is 362 g/mol. The van der Waals surface area contributed by atoms with E-state index in [-0.39, 0.29) is 10.6 Å². The van der Waals surface area contributed by atoms with Crippen molar-refractivity contribution >= 4 is 15.9 Å². The smallest absolute Gasteiger partial charge is 0.406 e. The van der Waals surface area contributed by atoms with Crippen molar-refractivity contribution in [3.05, 3.63) is 47.3 Å². The Morgan fingerprint density at radius 3 is 2.48 bits per heavy atom. The summed E-state index contributed by atoms with van der Waals surface area (Å²) in [5.41, 5.74) is 1.49. The molecular formula is C14H11BrF3NO2. The molecule has 1 fully saturated rings. The van der Waals surface area contributed by atoms with Crippen LogP contribution in [0, 0.1) is 0 Å². The second-order valence-electron chi connectivity index (χ2n) is 4.91. The van der Waals surface area contributed by atoms with Crippen molar-refractivity contribution in [1.82, 2.24) is 5.16 Å². The molecule has 1 aliphatic rings. The molecule has 21 heavy (non-hydrogen) atoms. The molecule has 112 valence electrons. The van der Waals surface area contributed by atoms with Crippen molar-refractivity contribution in [3.63, 3.8) is 0 Å². The Morgan fingerprint density at radius 2 is 1.90 bits per heavy atom. The first-order valence-corrected chi connectivity index (χ1v) is 7.30. The monoisotopic (exact) mass is 361 g/mol. The van der Waals surface area contributed by atoms with Gasteiger partial charge in [0, 0.05) is 12.0 Å². The molecule has 2 aromatic rings. The van der Waals surface area contributed by atoms with Crippen molar-refractivity contribution in [2.24, 2.45) is 0 Å². The molecule has 0 N–H and O–H groups in total. The number of rotatable bonds is 4. The standard InChI is InChI=1S/C14H11BrF3NO2/c15-13(11-7-12(21-19-11)8-1-2-8)9-3-5-10(6-4-9)20-14(16,17)18/h3-8,13H,1-2H2. The second kappa shape index (κ2) is 5.36. The van der Waals surface area contributed by atoms with Crippen LogP contribution in [-0.2, 0) is 0 Å². The molecular weight excluding hydrogens is 351 g/mol. The molecule has 1 aliphatic carbocycles. The Kier molecular flexibility index (Phi) is 3.69. The number of hydrogen-bond donors (Lipinski definition) is 0. The van der Waals surface area contributed by atoms with Gasteiger partial charge >= 0.3 is 6.36 Å². The number of nitrogens with zero attached hydrogens (tertiary/aromatic N) is 1. The van der Waals surface area contributed by atoms with Crippen LogP contribution >= 0.6 is 15.9 Å².